The van der Waals surface area contributed by atoms with Gasteiger partial charge >= 0.3 is 0 Å². The number of hydrogen-bond donors (Lipinski definition) is 1. The molecule has 1 aliphatic heterocycles. The molecule has 1 aromatic heterocycles. The van der Waals surface area contributed by atoms with Gasteiger partial charge in [0.1, 0.15) is 5.69 Å². The lowest BCUT2D eigenvalue weighted by molar-refractivity contribution is 0.0950. The number of carbonyl (C=O) groups is 1. The van der Waals surface area contributed by atoms with Crippen molar-refractivity contribution in [1.29, 1.82) is 0 Å². The van der Waals surface area contributed by atoms with Crippen LogP contribution >= 0.6 is 0 Å². The number of nitrogens with one attached hydrogen (secondary N) is 1. The fourth-order valence-electron chi connectivity index (χ4n) is 1.83. The SMILES string of the molecule is CCC1=Nc2c(C)nn(CC)c2C(=O)NC1. The molecule has 2 rings (SSSR count). The molecule has 86 valence electrons. The molecule has 0 aromatic carbocycles. The van der Waals surface area contributed by atoms with Crippen LogP contribution in [0.2, 0.25) is 0 Å². The summed E-state index contributed by atoms with van der Waals surface area (Å²) >= 11 is 0. The lowest BCUT2D eigenvalue weighted by Gasteiger charge is -2.03. The highest BCUT2D eigenvalue weighted by Gasteiger charge is 2.23. The number of fused-ring (bicyclic) bond motifs is 1. The van der Waals surface area contributed by atoms with Gasteiger partial charge in [0.25, 0.3) is 5.91 Å². The number of rotatable bonds is 2. The van der Waals surface area contributed by atoms with Crippen LogP contribution in [-0.4, -0.2) is 27.9 Å². The second-order valence-electron chi connectivity index (χ2n) is 3.81. The molecule has 0 fully saturated rings. The maximum absolute atomic E-state index is 11.9. The molecule has 5 heteroatoms. The molecule has 0 saturated heterocycles. The van der Waals surface area contributed by atoms with Gasteiger partial charge in [-0.15, -0.1) is 0 Å². The molecule has 0 atom stereocenters. The van der Waals surface area contributed by atoms with Gasteiger partial charge in [0, 0.05) is 12.3 Å². The Morgan fingerprint density at radius 2 is 2.19 bits per heavy atom. The molecule has 0 unspecified atom stereocenters. The second-order valence-corrected chi connectivity index (χ2v) is 3.81. The first-order valence-electron chi connectivity index (χ1n) is 5.59. The van der Waals surface area contributed by atoms with Gasteiger partial charge in [-0.2, -0.15) is 5.10 Å². The van der Waals surface area contributed by atoms with Crippen LogP contribution in [0.15, 0.2) is 4.99 Å². The smallest absolute Gasteiger partial charge is 0.272 e. The number of amides is 1. The summed E-state index contributed by atoms with van der Waals surface area (Å²) in [5.41, 5.74) is 3.13. The van der Waals surface area contributed by atoms with E-state index in [1.54, 1.807) is 4.68 Å². The van der Waals surface area contributed by atoms with E-state index in [1.165, 1.54) is 0 Å². The molecule has 1 aliphatic rings. The molecule has 0 bridgehead atoms. The van der Waals surface area contributed by atoms with Gasteiger partial charge in [-0.25, -0.2) is 0 Å². The van der Waals surface area contributed by atoms with Gasteiger partial charge in [0.15, 0.2) is 5.69 Å². The highest BCUT2D eigenvalue weighted by Crippen LogP contribution is 2.25. The Morgan fingerprint density at radius 1 is 1.44 bits per heavy atom. The van der Waals surface area contributed by atoms with Crippen LogP contribution in [0.5, 0.6) is 0 Å². The van der Waals surface area contributed by atoms with Crippen molar-refractivity contribution in [3.63, 3.8) is 0 Å². The third kappa shape index (κ3) is 1.62. The molecular formula is C11H16N4O. The highest BCUT2D eigenvalue weighted by molar-refractivity contribution is 6.04. The van der Waals surface area contributed by atoms with Gasteiger partial charge in [-0.05, 0) is 20.3 Å². The largest absolute Gasteiger partial charge is 0.345 e. The topological polar surface area (TPSA) is 59.3 Å². The van der Waals surface area contributed by atoms with E-state index in [1.807, 2.05) is 20.8 Å². The third-order valence-electron chi connectivity index (χ3n) is 2.74. The number of nitrogens with zero attached hydrogens (tertiary/aromatic N) is 3. The molecule has 0 saturated carbocycles. The summed E-state index contributed by atoms with van der Waals surface area (Å²) < 4.78 is 1.71. The molecule has 0 spiro atoms. The van der Waals surface area contributed by atoms with Crippen LogP contribution in [0.4, 0.5) is 5.69 Å². The molecule has 2 heterocycles. The fourth-order valence-corrected chi connectivity index (χ4v) is 1.83. The van der Waals surface area contributed by atoms with Crippen molar-refractivity contribution in [3.05, 3.63) is 11.4 Å². The molecule has 1 amide bonds. The maximum atomic E-state index is 11.9. The first kappa shape index (κ1) is 10.9. The van der Waals surface area contributed by atoms with Crippen molar-refractivity contribution in [2.24, 2.45) is 4.99 Å². The van der Waals surface area contributed by atoms with E-state index in [4.69, 9.17) is 0 Å². The van der Waals surface area contributed by atoms with Crippen molar-refractivity contribution >= 4 is 17.3 Å². The zero-order chi connectivity index (χ0) is 11.7. The Kier molecular flexibility index (Phi) is 2.77. The van der Waals surface area contributed by atoms with E-state index < -0.39 is 0 Å². The van der Waals surface area contributed by atoms with E-state index in [2.05, 4.69) is 15.4 Å². The zero-order valence-electron chi connectivity index (χ0n) is 9.87. The summed E-state index contributed by atoms with van der Waals surface area (Å²) in [7, 11) is 0. The van der Waals surface area contributed by atoms with Crippen molar-refractivity contribution in [3.8, 4) is 0 Å². The Balaban J connectivity index is 2.60. The summed E-state index contributed by atoms with van der Waals surface area (Å²) in [5.74, 6) is -0.0790. The van der Waals surface area contributed by atoms with Crippen LogP contribution in [0.1, 0.15) is 36.5 Å². The lowest BCUT2D eigenvalue weighted by atomic mass is 10.3. The average molecular weight is 220 g/mol. The zero-order valence-corrected chi connectivity index (χ0v) is 9.87. The number of carbonyl (C=O) groups excluding carboxylic acids is 1. The summed E-state index contributed by atoms with van der Waals surface area (Å²) in [6, 6.07) is 0. The van der Waals surface area contributed by atoms with Crippen LogP contribution in [0.3, 0.4) is 0 Å². The average Bonchev–Trinajstić information content (AvgIpc) is 2.49. The van der Waals surface area contributed by atoms with Crippen molar-refractivity contribution < 1.29 is 4.79 Å². The quantitative estimate of drug-likeness (QED) is 0.819. The van der Waals surface area contributed by atoms with Gasteiger partial charge in [-0.3, -0.25) is 14.5 Å². The van der Waals surface area contributed by atoms with Crippen LogP contribution < -0.4 is 5.32 Å². The molecule has 1 aromatic rings. The first-order valence-corrected chi connectivity index (χ1v) is 5.59. The number of hydrogen-bond acceptors (Lipinski definition) is 3. The normalized spacial score (nSPS) is 15.2. The van der Waals surface area contributed by atoms with E-state index in [9.17, 15) is 4.79 Å². The van der Waals surface area contributed by atoms with Gasteiger partial charge in [-0.1, -0.05) is 6.92 Å². The number of aryl methyl sites for hydroxylation is 2. The van der Waals surface area contributed by atoms with Gasteiger partial charge < -0.3 is 5.32 Å². The maximum Gasteiger partial charge on any atom is 0.272 e. The minimum Gasteiger partial charge on any atom is -0.345 e. The standard InChI is InChI=1S/C11H16N4O/c1-4-8-6-12-11(16)10-9(13-8)7(3)14-15(10)5-2/h4-6H2,1-3H3,(H,12,16). The summed E-state index contributed by atoms with van der Waals surface area (Å²) in [6.45, 7) is 7.11. The monoisotopic (exact) mass is 220 g/mol. The predicted molar refractivity (Wildman–Crippen MR) is 62.4 cm³/mol. The first-order chi connectivity index (χ1) is 7.67. The molecule has 5 nitrogen and oxygen atoms in total. The Labute approximate surface area is 94.6 Å². The fraction of sp³-hybridized carbons (Fsp3) is 0.545. The lowest BCUT2D eigenvalue weighted by Crippen LogP contribution is -2.29. The Morgan fingerprint density at radius 3 is 2.81 bits per heavy atom. The number of aliphatic imine (C=N–C) groups is 1. The molecule has 0 aliphatic carbocycles. The number of aromatic nitrogens is 2. The second kappa shape index (κ2) is 4.08. The minimum absolute atomic E-state index is 0.0790. The van der Waals surface area contributed by atoms with Crippen molar-refractivity contribution in [1.82, 2.24) is 15.1 Å². The van der Waals surface area contributed by atoms with Crippen molar-refractivity contribution in [2.45, 2.75) is 33.7 Å². The minimum atomic E-state index is -0.0790. The predicted octanol–water partition coefficient (Wildman–Crippen LogP) is 1.44. The Hall–Kier alpha value is -1.65. The van der Waals surface area contributed by atoms with E-state index in [0.717, 1.165) is 23.5 Å². The van der Waals surface area contributed by atoms with Crippen LogP contribution in [-0.2, 0) is 6.54 Å². The summed E-state index contributed by atoms with van der Waals surface area (Å²) in [4.78, 5) is 16.4. The van der Waals surface area contributed by atoms with E-state index >= 15 is 0 Å². The Bertz CT molecular complexity index is 459. The molecule has 0 radical (unpaired) electrons. The van der Waals surface area contributed by atoms with Gasteiger partial charge in [0.2, 0.25) is 0 Å². The van der Waals surface area contributed by atoms with Crippen molar-refractivity contribution in [2.75, 3.05) is 6.54 Å². The van der Waals surface area contributed by atoms with Crippen LogP contribution in [0, 0.1) is 6.92 Å². The van der Waals surface area contributed by atoms with Crippen LogP contribution in [0.25, 0.3) is 0 Å². The molecule has 1 N–H and O–H groups in total. The summed E-state index contributed by atoms with van der Waals surface area (Å²) in [5, 5.41) is 7.18. The van der Waals surface area contributed by atoms with E-state index in [-0.39, 0.29) is 5.91 Å². The molecule has 16 heavy (non-hydrogen) atoms. The van der Waals surface area contributed by atoms with Gasteiger partial charge in [0.05, 0.1) is 12.2 Å². The summed E-state index contributed by atoms with van der Waals surface area (Å²) in [6.07, 6.45) is 0.844. The van der Waals surface area contributed by atoms with E-state index in [0.29, 0.717) is 18.8 Å². The highest BCUT2D eigenvalue weighted by atomic mass is 16.2. The third-order valence-corrected chi connectivity index (χ3v) is 2.74. The molecular weight excluding hydrogens is 204 g/mol.